The second-order valence-corrected chi connectivity index (χ2v) is 6.86. The van der Waals surface area contributed by atoms with Crippen LogP contribution in [0.5, 0.6) is 0 Å². The lowest BCUT2D eigenvalue weighted by Crippen LogP contribution is -2.28. The molecule has 1 aromatic heterocycles. The number of aromatic nitrogens is 2. The van der Waals surface area contributed by atoms with Crippen LogP contribution in [0, 0.1) is 0 Å². The molecular formula is C22H22N4O2. The number of rotatable bonds is 4. The number of hydrogen-bond donors (Lipinski definition) is 1. The smallest absolute Gasteiger partial charge is 0.291 e. The molecule has 2 amide bonds. The zero-order chi connectivity index (χ0) is 19.5. The van der Waals surface area contributed by atoms with Crippen molar-refractivity contribution in [1.29, 1.82) is 0 Å². The molecule has 1 aliphatic heterocycles. The molecule has 0 aliphatic carbocycles. The molecule has 1 aliphatic rings. The Hall–Kier alpha value is -3.41. The van der Waals surface area contributed by atoms with E-state index in [1.807, 2.05) is 65.2 Å². The van der Waals surface area contributed by atoms with Crippen LogP contribution in [0.25, 0.3) is 0 Å². The molecule has 142 valence electrons. The average molecular weight is 374 g/mol. The minimum atomic E-state index is -0.296. The minimum Gasteiger partial charge on any atom is -0.323 e. The van der Waals surface area contributed by atoms with Crippen molar-refractivity contribution in [3.63, 3.8) is 0 Å². The Morgan fingerprint density at radius 1 is 1.00 bits per heavy atom. The number of nitrogens with one attached hydrogen (secondary N) is 1. The summed E-state index contributed by atoms with van der Waals surface area (Å²) in [4.78, 5) is 32.0. The Balaban J connectivity index is 1.67. The van der Waals surface area contributed by atoms with Crippen LogP contribution < -0.4 is 10.2 Å². The summed E-state index contributed by atoms with van der Waals surface area (Å²) in [7, 11) is 1.73. The Kier molecular flexibility index (Phi) is 4.93. The lowest BCUT2D eigenvalue weighted by Gasteiger charge is -2.19. The molecule has 2 heterocycles. The monoisotopic (exact) mass is 374 g/mol. The Bertz CT molecular complexity index is 996. The van der Waals surface area contributed by atoms with Crippen LogP contribution in [0.2, 0.25) is 0 Å². The highest BCUT2D eigenvalue weighted by Crippen LogP contribution is 2.24. The van der Waals surface area contributed by atoms with Crippen LogP contribution in [-0.4, -0.2) is 28.4 Å². The molecule has 28 heavy (non-hydrogen) atoms. The molecule has 2 aromatic carbocycles. The summed E-state index contributed by atoms with van der Waals surface area (Å²) in [6, 6.07) is 18.7. The molecule has 0 bridgehead atoms. The van der Waals surface area contributed by atoms with Crippen molar-refractivity contribution in [3.8, 4) is 0 Å². The number of fused-ring (bicyclic) bond motifs is 1. The number of benzene rings is 2. The Labute approximate surface area is 163 Å². The first-order valence-corrected chi connectivity index (χ1v) is 9.44. The molecule has 0 saturated heterocycles. The predicted molar refractivity (Wildman–Crippen MR) is 109 cm³/mol. The fourth-order valence-electron chi connectivity index (χ4n) is 3.52. The van der Waals surface area contributed by atoms with E-state index >= 15 is 0 Å². The van der Waals surface area contributed by atoms with E-state index in [0.29, 0.717) is 23.8 Å². The molecule has 6 nitrogen and oxygen atoms in total. The fraction of sp³-hybridized carbons (Fsp3) is 0.227. The molecule has 6 heteroatoms. The normalized spacial score (nSPS) is 12.9. The molecule has 0 spiro atoms. The van der Waals surface area contributed by atoms with Crippen molar-refractivity contribution < 1.29 is 9.59 Å². The second-order valence-electron chi connectivity index (χ2n) is 6.86. The molecule has 0 fully saturated rings. The molecule has 4 rings (SSSR count). The van der Waals surface area contributed by atoms with Gasteiger partial charge in [-0.1, -0.05) is 36.4 Å². The molecule has 3 aromatic rings. The van der Waals surface area contributed by atoms with E-state index in [1.54, 1.807) is 11.9 Å². The Morgan fingerprint density at radius 3 is 2.39 bits per heavy atom. The third kappa shape index (κ3) is 3.41. The van der Waals surface area contributed by atoms with Gasteiger partial charge in [0.1, 0.15) is 0 Å². The molecule has 1 N–H and O–H groups in total. The quantitative estimate of drug-likeness (QED) is 0.756. The number of hydrogen-bond acceptors (Lipinski definition) is 3. The van der Waals surface area contributed by atoms with E-state index in [4.69, 9.17) is 0 Å². The van der Waals surface area contributed by atoms with Gasteiger partial charge in [-0.3, -0.25) is 9.59 Å². The summed E-state index contributed by atoms with van der Waals surface area (Å²) in [5.41, 5.74) is 2.71. The van der Waals surface area contributed by atoms with Gasteiger partial charge in [0, 0.05) is 25.0 Å². The van der Waals surface area contributed by atoms with E-state index in [0.717, 1.165) is 30.6 Å². The van der Waals surface area contributed by atoms with Crippen LogP contribution in [0.3, 0.4) is 0 Å². The van der Waals surface area contributed by atoms with Gasteiger partial charge in [0.05, 0.1) is 5.69 Å². The number of carbonyl (C=O) groups is 2. The zero-order valence-corrected chi connectivity index (χ0v) is 15.8. The zero-order valence-electron chi connectivity index (χ0n) is 15.8. The third-order valence-electron chi connectivity index (χ3n) is 5.00. The first kappa shape index (κ1) is 18.0. The molecule has 0 radical (unpaired) electrons. The van der Waals surface area contributed by atoms with E-state index in [1.165, 1.54) is 0 Å². The third-order valence-corrected chi connectivity index (χ3v) is 5.00. The summed E-state index contributed by atoms with van der Waals surface area (Å²) in [6.07, 6.45) is 2.70. The van der Waals surface area contributed by atoms with Crippen LogP contribution >= 0.6 is 0 Å². The highest BCUT2D eigenvalue weighted by Gasteiger charge is 2.29. The number of nitrogens with zero attached hydrogens (tertiary/aromatic N) is 3. The van der Waals surface area contributed by atoms with Gasteiger partial charge >= 0.3 is 0 Å². The molecule has 0 unspecified atom stereocenters. The van der Waals surface area contributed by atoms with Crippen LogP contribution in [-0.2, 0) is 13.0 Å². The average Bonchev–Trinajstić information content (AvgIpc) is 3.14. The van der Waals surface area contributed by atoms with Crippen molar-refractivity contribution in [1.82, 2.24) is 9.55 Å². The van der Waals surface area contributed by atoms with E-state index in [9.17, 15) is 9.59 Å². The predicted octanol–water partition coefficient (Wildman–Crippen LogP) is 3.75. The van der Waals surface area contributed by atoms with Crippen molar-refractivity contribution in [2.75, 3.05) is 17.3 Å². The van der Waals surface area contributed by atoms with Crippen LogP contribution in [0.4, 0.5) is 11.4 Å². The largest absolute Gasteiger partial charge is 0.323 e. The van der Waals surface area contributed by atoms with E-state index in [-0.39, 0.29) is 11.8 Å². The maximum Gasteiger partial charge on any atom is 0.291 e. The van der Waals surface area contributed by atoms with Gasteiger partial charge in [0.2, 0.25) is 0 Å². The molecule has 0 saturated carbocycles. The van der Waals surface area contributed by atoms with Gasteiger partial charge in [0.15, 0.2) is 11.5 Å². The topological polar surface area (TPSA) is 67.2 Å². The van der Waals surface area contributed by atoms with Crippen molar-refractivity contribution in [2.45, 2.75) is 25.8 Å². The SMILES string of the molecule is CN(C(=O)c1nc(C(=O)Nc2ccccc2)n2c1CCCC2)c1ccccc1. The lowest BCUT2D eigenvalue weighted by molar-refractivity contribution is 0.0987. The highest BCUT2D eigenvalue weighted by molar-refractivity contribution is 6.07. The van der Waals surface area contributed by atoms with Gasteiger partial charge in [-0.2, -0.15) is 0 Å². The highest BCUT2D eigenvalue weighted by atomic mass is 16.2. The number of imidazole rings is 1. The van der Waals surface area contributed by atoms with Gasteiger partial charge in [0.25, 0.3) is 11.8 Å². The first-order valence-electron chi connectivity index (χ1n) is 9.44. The van der Waals surface area contributed by atoms with Gasteiger partial charge in [-0.25, -0.2) is 4.98 Å². The fourth-order valence-corrected chi connectivity index (χ4v) is 3.52. The van der Waals surface area contributed by atoms with Gasteiger partial charge in [-0.15, -0.1) is 0 Å². The van der Waals surface area contributed by atoms with Gasteiger partial charge in [-0.05, 0) is 43.5 Å². The standard InChI is InChI=1S/C22H22N4O2/c1-25(17-12-6-3-7-13-17)22(28)19-18-14-8-9-15-26(18)20(24-19)21(27)23-16-10-4-2-5-11-16/h2-7,10-13H,8-9,14-15H2,1H3,(H,23,27). The van der Waals surface area contributed by atoms with Crippen LogP contribution in [0.1, 0.15) is 39.6 Å². The maximum absolute atomic E-state index is 13.1. The Morgan fingerprint density at radius 2 is 1.68 bits per heavy atom. The van der Waals surface area contributed by atoms with Crippen molar-refractivity contribution >= 4 is 23.2 Å². The van der Waals surface area contributed by atoms with Crippen molar-refractivity contribution in [2.24, 2.45) is 0 Å². The van der Waals surface area contributed by atoms with Gasteiger partial charge < -0.3 is 14.8 Å². The number of carbonyl (C=O) groups excluding carboxylic acids is 2. The summed E-state index contributed by atoms with van der Waals surface area (Å²) >= 11 is 0. The lowest BCUT2D eigenvalue weighted by atomic mass is 10.1. The molecular weight excluding hydrogens is 352 g/mol. The maximum atomic E-state index is 13.1. The van der Waals surface area contributed by atoms with Crippen LogP contribution in [0.15, 0.2) is 60.7 Å². The van der Waals surface area contributed by atoms with E-state index in [2.05, 4.69) is 10.3 Å². The number of amides is 2. The number of anilines is 2. The summed E-state index contributed by atoms with van der Waals surface area (Å²) in [5.74, 6) is -0.199. The first-order chi connectivity index (χ1) is 13.6. The minimum absolute atomic E-state index is 0.199. The van der Waals surface area contributed by atoms with Crippen molar-refractivity contribution in [3.05, 3.63) is 77.9 Å². The van der Waals surface area contributed by atoms with E-state index < -0.39 is 0 Å². The molecule has 0 atom stereocenters. The summed E-state index contributed by atoms with van der Waals surface area (Å²) < 4.78 is 1.90. The number of para-hydroxylation sites is 2. The summed E-state index contributed by atoms with van der Waals surface area (Å²) in [5, 5.41) is 2.87. The second kappa shape index (κ2) is 7.68. The summed E-state index contributed by atoms with van der Waals surface area (Å²) in [6.45, 7) is 0.697.